The number of carbonyl (C=O) groups is 1. The van der Waals surface area contributed by atoms with Crippen LogP contribution in [0.2, 0.25) is 0 Å². The number of nitrogens with zero attached hydrogens (tertiary/aromatic N) is 2. The minimum atomic E-state index is -0.914. The summed E-state index contributed by atoms with van der Waals surface area (Å²) in [5.41, 5.74) is 0.887. The fraction of sp³-hybridized carbons (Fsp3) is 0.250. The van der Waals surface area contributed by atoms with Gasteiger partial charge in [0.25, 0.3) is 0 Å². The largest absolute Gasteiger partial charge is 0.493 e. The molecule has 1 aromatic carbocycles. The second-order valence-electron chi connectivity index (χ2n) is 5.43. The van der Waals surface area contributed by atoms with Gasteiger partial charge in [-0.1, -0.05) is 11.6 Å². The molecular formula is C16H14F2N2O3S. The Labute approximate surface area is 140 Å². The first-order valence-electron chi connectivity index (χ1n) is 7.22. The Balaban J connectivity index is 1.85. The average molecular weight is 352 g/mol. The smallest absolute Gasteiger partial charge is 0.307 e. The second-order valence-corrected chi connectivity index (χ2v) is 6.29. The Morgan fingerprint density at radius 2 is 2.04 bits per heavy atom. The van der Waals surface area contributed by atoms with Crippen molar-refractivity contribution in [3.05, 3.63) is 40.8 Å². The van der Waals surface area contributed by atoms with Crippen molar-refractivity contribution in [2.24, 2.45) is 0 Å². The average Bonchev–Trinajstić information content (AvgIpc) is 2.94. The zero-order chi connectivity index (χ0) is 17.3. The molecule has 24 heavy (non-hydrogen) atoms. The van der Waals surface area contributed by atoms with Crippen molar-refractivity contribution in [3.8, 4) is 16.5 Å². The number of anilines is 1. The summed E-state index contributed by atoms with van der Waals surface area (Å²) in [6.07, 6.45) is 2.10. The van der Waals surface area contributed by atoms with Crippen LogP contribution in [0.4, 0.5) is 14.5 Å². The number of rotatable bonds is 4. The molecule has 0 saturated heterocycles. The third-order valence-electron chi connectivity index (χ3n) is 3.75. The van der Waals surface area contributed by atoms with Gasteiger partial charge in [0, 0.05) is 18.7 Å². The van der Waals surface area contributed by atoms with Crippen molar-refractivity contribution >= 4 is 23.0 Å². The standard InChI is InChI=1S/C16H14F2N2O3S/c17-11-6-10(16-19-13(21)8-24-16)7-12(18)15(11)20-3-1-9(2-4-20)5-14(22)23/h1,6-8,21H,2-5H2,(H,22,23). The molecule has 0 radical (unpaired) electrons. The molecular weight excluding hydrogens is 338 g/mol. The molecule has 8 heteroatoms. The predicted molar refractivity (Wildman–Crippen MR) is 86.3 cm³/mol. The van der Waals surface area contributed by atoms with Gasteiger partial charge in [-0.05, 0) is 18.6 Å². The highest BCUT2D eigenvalue weighted by atomic mass is 32.1. The molecule has 1 aliphatic rings. The minimum Gasteiger partial charge on any atom is -0.493 e. The van der Waals surface area contributed by atoms with Crippen LogP contribution in [0.25, 0.3) is 10.6 Å². The van der Waals surface area contributed by atoms with Crippen molar-refractivity contribution < 1.29 is 23.8 Å². The van der Waals surface area contributed by atoms with Gasteiger partial charge in [0.15, 0.2) is 0 Å². The summed E-state index contributed by atoms with van der Waals surface area (Å²) in [5, 5.41) is 19.8. The lowest BCUT2D eigenvalue weighted by atomic mass is 10.0. The number of halogens is 2. The Hall–Kier alpha value is -2.48. The Morgan fingerprint density at radius 1 is 1.33 bits per heavy atom. The van der Waals surface area contributed by atoms with E-state index in [1.165, 1.54) is 17.5 Å². The molecule has 0 atom stereocenters. The maximum absolute atomic E-state index is 14.4. The number of hydrogen-bond donors (Lipinski definition) is 2. The topological polar surface area (TPSA) is 73.7 Å². The van der Waals surface area contributed by atoms with Crippen molar-refractivity contribution in [3.63, 3.8) is 0 Å². The van der Waals surface area contributed by atoms with E-state index in [4.69, 9.17) is 5.11 Å². The van der Waals surface area contributed by atoms with Gasteiger partial charge in [-0.3, -0.25) is 4.79 Å². The Morgan fingerprint density at radius 3 is 2.54 bits per heavy atom. The summed E-state index contributed by atoms with van der Waals surface area (Å²) in [4.78, 5) is 16.0. The molecule has 5 nitrogen and oxygen atoms in total. The summed E-state index contributed by atoms with van der Waals surface area (Å²) in [6, 6.07) is 2.38. The quantitative estimate of drug-likeness (QED) is 0.825. The number of carboxylic acid groups (broad SMARTS) is 1. The molecule has 2 aromatic rings. The van der Waals surface area contributed by atoms with Crippen LogP contribution in [-0.2, 0) is 4.79 Å². The van der Waals surface area contributed by atoms with E-state index in [9.17, 15) is 18.7 Å². The highest BCUT2D eigenvalue weighted by molar-refractivity contribution is 7.13. The van der Waals surface area contributed by atoms with Crippen molar-refractivity contribution in [2.75, 3.05) is 18.0 Å². The fourth-order valence-corrected chi connectivity index (χ4v) is 3.33. The Bertz CT molecular complexity index is 796. The number of aromatic hydroxyl groups is 1. The highest BCUT2D eigenvalue weighted by Crippen LogP contribution is 2.33. The van der Waals surface area contributed by atoms with Crippen LogP contribution in [0.15, 0.2) is 29.2 Å². The molecule has 1 aliphatic heterocycles. The van der Waals surface area contributed by atoms with Crippen LogP contribution in [0, 0.1) is 11.6 Å². The summed E-state index contributed by atoms with van der Waals surface area (Å²) in [6.45, 7) is 0.609. The fourth-order valence-electron chi connectivity index (χ4n) is 2.66. The maximum Gasteiger partial charge on any atom is 0.307 e. The van der Waals surface area contributed by atoms with Crippen molar-refractivity contribution in [2.45, 2.75) is 12.8 Å². The van der Waals surface area contributed by atoms with Crippen molar-refractivity contribution in [1.82, 2.24) is 4.98 Å². The molecule has 0 fully saturated rings. The third kappa shape index (κ3) is 3.38. The number of benzene rings is 1. The molecule has 2 heterocycles. The van der Waals surface area contributed by atoms with E-state index in [1.54, 1.807) is 11.0 Å². The SMILES string of the molecule is O=C(O)CC1=CCN(c2c(F)cc(-c3nc(O)cs3)cc2F)CC1. The van der Waals surface area contributed by atoms with E-state index < -0.39 is 17.6 Å². The lowest BCUT2D eigenvalue weighted by Gasteiger charge is -2.29. The van der Waals surface area contributed by atoms with E-state index >= 15 is 0 Å². The molecule has 2 N–H and O–H groups in total. The number of carboxylic acids is 1. The molecule has 0 bridgehead atoms. The van der Waals surface area contributed by atoms with E-state index in [0.29, 0.717) is 18.0 Å². The zero-order valence-electron chi connectivity index (χ0n) is 12.5. The molecule has 0 spiro atoms. The van der Waals surface area contributed by atoms with Gasteiger partial charge >= 0.3 is 5.97 Å². The van der Waals surface area contributed by atoms with Crippen LogP contribution in [-0.4, -0.2) is 34.3 Å². The van der Waals surface area contributed by atoms with Crippen LogP contribution in [0.3, 0.4) is 0 Å². The zero-order valence-corrected chi connectivity index (χ0v) is 13.3. The van der Waals surface area contributed by atoms with Crippen LogP contribution >= 0.6 is 11.3 Å². The van der Waals surface area contributed by atoms with E-state index in [-0.39, 0.29) is 30.1 Å². The first kappa shape index (κ1) is 16.4. The normalized spacial score (nSPS) is 14.6. The molecule has 126 valence electrons. The van der Waals surface area contributed by atoms with Gasteiger partial charge < -0.3 is 15.1 Å². The monoisotopic (exact) mass is 352 g/mol. The second kappa shape index (κ2) is 6.56. The van der Waals surface area contributed by atoms with E-state index in [2.05, 4.69) is 4.98 Å². The predicted octanol–water partition coefficient (Wildman–Crippen LogP) is 3.41. The number of aliphatic carboxylic acids is 1. The van der Waals surface area contributed by atoms with E-state index in [0.717, 1.165) is 16.9 Å². The highest BCUT2D eigenvalue weighted by Gasteiger charge is 2.22. The molecule has 1 aromatic heterocycles. The number of aromatic nitrogens is 1. The molecule has 0 aliphatic carbocycles. The van der Waals surface area contributed by atoms with Gasteiger partial charge in [-0.25, -0.2) is 13.8 Å². The summed E-state index contributed by atoms with van der Waals surface area (Å²) >= 11 is 1.09. The number of thiazole rings is 1. The lowest BCUT2D eigenvalue weighted by molar-refractivity contribution is -0.136. The molecule has 0 saturated carbocycles. The van der Waals surface area contributed by atoms with Gasteiger partial charge in [0.1, 0.15) is 22.3 Å². The van der Waals surface area contributed by atoms with Crippen LogP contribution < -0.4 is 4.90 Å². The number of hydrogen-bond acceptors (Lipinski definition) is 5. The van der Waals surface area contributed by atoms with Crippen LogP contribution in [0.1, 0.15) is 12.8 Å². The first-order valence-corrected chi connectivity index (χ1v) is 8.10. The lowest BCUT2D eigenvalue weighted by Crippen LogP contribution is -2.30. The molecule has 3 rings (SSSR count). The summed E-state index contributed by atoms with van der Waals surface area (Å²) < 4.78 is 28.8. The molecule has 0 amide bonds. The van der Waals surface area contributed by atoms with Gasteiger partial charge in [-0.2, -0.15) is 0 Å². The van der Waals surface area contributed by atoms with Gasteiger partial charge in [0.05, 0.1) is 11.8 Å². The van der Waals surface area contributed by atoms with Gasteiger partial charge in [0.2, 0.25) is 5.88 Å². The molecule has 0 unspecified atom stereocenters. The Kier molecular flexibility index (Phi) is 4.48. The van der Waals surface area contributed by atoms with Crippen LogP contribution in [0.5, 0.6) is 5.88 Å². The van der Waals surface area contributed by atoms with Gasteiger partial charge in [-0.15, -0.1) is 11.3 Å². The maximum atomic E-state index is 14.4. The van der Waals surface area contributed by atoms with Crippen molar-refractivity contribution in [1.29, 1.82) is 0 Å². The summed E-state index contributed by atoms with van der Waals surface area (Å²) in [5.74, 6) is -2.53. The summed E-state index contributed by atoms with van der Waals surface area (Å²) in [7, 11) is 0. The third-order valence-corrected chi connectivity index (χ3v) is 4.63. The first-order chi connectivity index (χ1) is 11.4. The van der Waals surface area contributed by atoms with E-state index in [1.807, 2.05) is 0 Å². The minimum absolute atomic E-state index is 0.0503.